The summed E-state index contributed by atoms with van der Waals surface area (Å²) < 4.78 is 23.8. The number of cyclic esters (lactones) is 1. The van der Waals surface area contributed by atoms with Crippen molar-refractivity contribution in [2.45, 2.75) is 77.0 Å². The predicted molar refractivity (Wildman–Crippen MR) is 100 cm³/mol. The molecule has 0 spiro atoms. The summed E-state index contributed by atoms with van der Waals surface area (Å²) in [5, 5.41) is 0. The lowest BCUT2D eigenvalue weighted by Crippen LogP contribution is -2.51. The number of carbonyl (C=O) groups excluding carboxylic acids is 1. The van der Waals surface area contributed by atoms with Crippen molar-refractivity contribution < 1.29 is 22.8 Å². The molecule has 5 nitrogen and oxygen atoms in total. The minimum absolute atomic E-state index is 0.240. The van der Waals surface area contributed by atoms with Crippen molar-refractivity contribution in [3.8, 4) is 0 Å². The van der Waals surface area contributed by atoms with E-state index in [-0.39, 0.29) is 18.7 Å². The van der Waals surface area contributed by atoms with Crippen LogP contribution in [-0.4, -0.2) is 55.8 Å². The van der Waals surface area contributed by atoms with E-state index >= 15 is 0 Å². The number of esters is 1. The van der Waals surface area contributed by atoms with Gasteiger partial charge in [-0.2, -0.15) is 0 Å². The van der Waals surface area contributed by atoms with Gasteiger partial charge in [-0.1, -0.05) is 0 Å². The molecule has 0 unspecified atom stereocenters. The molecule has 1 fully saturated rings. The third kappa shape index (κ3) is 7.61. The van der Waals surface area contributed by atoms with E-state index in [2.05, 4.69) is 58.9 Å². The van der Waals surface area contributed by atoms with Crippen LogP contribution in [-0.2, 0) is 22.8 Å². The van der Waals surface area contributed by atoms with E-state index in [0.29, 0.717) is 13.0 Å². The van der Waals surface area contributed by atoms with Crippen LogP contribution in [0.3, 0.4) is 0 Å². The predicted octanol–water partition coefficient (Wildman–Crippen LogP) is 3.60. The summed E-state index contributed by atoms with van der Waals surface area (Å²) in [5.74, 6) is -0.289. The Balaban J connectivity index is 2.85. The summed E-state index contributed by atoms with van der Waals surface area (Å²) in [4.78, 5) is 12.6. The Morgan fingerprint density at radius 2 is 1.48 bits per heavy atom. The molecule has 8 heteroatoms. The van der Waals surface area contributed by atoms with Crippen molar-refractivity contribution in [2.75, 3.05) is 13.2 Å². The molecule has 0 aromatic heterocycles. The van der Waals surface area contributed by atoms with E-state index < -0.39 is 30.6 Å². The maximum atomic E-state index is 12.6. The van der Waals surface area contributed by atoms with Gasteiger partial charge < -0.3 is 18.0 Å². The Hall–Kier alpha value is 0.000649. The third-order valence-electron chi connectivity index (χ3n) is 3.15. The molecule has 136 valence electrons. The van der Waals surface area contributed by atoms with E-state index in [1.54, 1.807) is 0 Å². The maximum absolute atomic E-state index is 12.6. The molecule has 1 aliphatic rings. The largest absolute Gasteiger partial charge is 0.458 e. The number of ether oxygens (including phenoxy) is 1. The van der Waals surface area contributed by atoms with E-state index in [0.717, 1.165) is 0 Å². The first-order chi connectivity index (χ1) is 10.1. The quantitative estimate of drug-likeness (QED) is 0.477. The van der Waals surface area contributed by atoms with Crippen LogP contribution in [0.15, 0.2) is 0 Å². The molecule has 0 radical (unpaired) electrons. The molecule has 0 aromatic carbocycles. The molecular formula is C15H34O5Si3. The number of hydrogen-bond acceptors (Lipinski definition) is 5. The second kappa shape index (κ2) is 7.09. The molecule has 0 aromatic rings. The van der Waals surface area contributed by atoms with Crippen LogP contribution >= 0.6 is 0 Å². The minimum atomic E-state index is -1.92. The number of carbonyl (C=O) groups is 1. The van der Waals surface area contributed by atoms with E-state index in [9.17, 15) is 4.79 Å². The van der Waals surface area contributed by atoms with Crippen LogP contribution in [0.4, 0.5) is 0 Å². The standard InChI is InChI=1S/C15H34O5Si3/c1-21(2,3)17-11-13-10-15(14(16)19-13,20-23(7,8)9)12-18-22(4,5)6/h13H,10-12H2,1-9H3/t13-,15+/m0/s1. The molecule has 0 N–H and O–H groups in total. The fourth-order valence-electron chi connectivity index (χ4n) is 2.34. The molecule has 0 aliphatic carbocycles. The summed E-state index contributed by atoms with van der Waals surface area (Å²) >= 11 is 0. The SMILES string of the molecule is C[Si](C)(C)OC[C@@H]1C[C@](CO[Si](C)(C)C)(O[Si](C)(C)C)C(=O)O1. The molecule has 0 bridgehead atoms. The highest BCUT2D eigenvalue weighted by Crippen LogP contribution is 2.34. The maximum Gasteiger partial charge on any atom is 0.340 e. The van der Waals surface area contributed by atoms with Gasteiger partial charge in [0, 0.05) is 6.42 Å². The monoisotopic (exact) mass is 378 g/mol. The average Bonchev–Trinajstić information content (AvgIpc) is 2.58. The fraction of sp³-hybridized carbons (Fsp3) is 0.933. The zero-order valence-electron chi connectivity index (χ0n) is 16.2. The summed E-state index contributed by atoms with van der Waals surface area (Å²) in [6.45, 7) is 19.7. The first-order valence-corrected chi connectivity index (χ1v) is 18.5. The van der Waals surface area contributed by atoms with Crippen molar-refractivity contribution in [3.63, 3.8) is 0 Å². The van der Waals surface area contributed by atoms with Gasteiger partial charge in [0.15, 0.2) is 30.6 Å². The van der Waals surface area contributed by atoms with Gasteiger partial charge in [0.2, 0.25) is 0 Å². The second-order valence-corrected chi connectivity index (χ2v) is 22.7. The Morgan fingerprint density at radius 1 is 0.957 bits per heavy atom. The Kier molecular flexibility index (Phi) is 6.48. The number of rotatable bonds is 8. The molecular weight excluding hydrogens is 344 g/mol. The van der Waals surface area contributed by atoms with Crippen molar-refractivity contribution in [1.82, 2.24) is 0 Å². The zero-order valence-corrected chi connectivity index (χ0v) is 19.2. The first-order valence-electron chi connectivity index (χ1n) is 8.31. The van der Waals surface area contributed by atoms with Gasteiger partial charge in [-0.15, -0.1) is 0 Å². The van der Waals surface area contributed by atoms with Crippen LogP contribution in [0.25, 0.3) is 0 Å². The molecule has 1 aliphatic heterocycles. The summed E-state index contributed by atoms with van der Waals surface area (Å²) in [5.41, 5.74) is -0.960. The first kappa shape index (κ1) is 21.0. The van der Waals surface area contributed by atoms with Gasteiger partial charge in [0.25, 0.3) is 0 Å². The topological polar surface area (TPSA) is 54.0 Å². The smallest absolute Gasteiger partial charge is 0.340 e. The van der Waals surface area contributed by atoms with E-state index in [1.807, 2.05) is 0 Å². The molecule has 1 heterocycles. The lowest BCUT2D eigenvalue weighted by molar-refractivity contribution is -0.156. The minimum Gasteiger partial charge on any atom is -0.458 e. The lowest BCUT2D eigenvalue weighted by atomic mass is 10.0. The zero-order chi connectivity index (χ0) is 18.1. The van der Waals surface area contributed by atoms with Crippen LogP contribution in [0.2, 0.25) is 58.9 Å². The summed E-state index contributed by atoms with van der Waals surface area (Å²) in [6.07, 6.45) is 0.279. The fourth-order valence-corrected chi connectivity index (χ4v) is 5.09. The van der Waals surface area contributed by atoms with Gasteiger partial charge >= 0.3 is 5.97 Å². The van der Waals surface area contributed by atoms with Crippen molar-refractivity contribution in [2.24, 2.45) is 0 Å². The van der Waals surface area contributed by atoms with Crippen molar-refractivity contribution in [3.05, 3.63) is 0 Å². The molecule has 23 heavy (non-hydrogen) atoms. The molecule has 1 saturated heterocycles. The summed E-state index contributed by atoms with van der Waals surface area (Å²) in [7, 11) is -5.30. The molecule has 0 saturated carbocycles. The van der Waals surface area contributed by atoms with Crippen molar-refractivity contribution in [1.29, 1.82) is 0 Å². The summed E-state index contributed by atoms with van der Waals surface area (Å²) in [6, 6.07) is 0. The van der Waals surface area contributed by atoms with Crippen molar-refractivity contribution >= 4 is 30.9 Å². The van der Waals surface area contributed by atoms with Crippen LogP contribution in [0.5, 0.6) is 0 Å². The lowest BCUT2D eigenvalue weighted by Gasteiger charge is -2.34. The highest BCUT2D eigenvalue weighted by molar-refractivity contribution is 6.70. The third-order valence-corrected chi connectivity index (χ3v) is 6.19. The molecule has 2 atom stereocenters. The average molecular weight is 379 g/mol. The van der Waals surface area contributed by atoms with Gasteiger partial charge in [-0.25, -0.2) is 4.79 Å². The Labute approximate surface area is 144 Å². The second-order valence-electron chi connectivity index (χ2n) is 9.26. The number of hydrogen-bond donors (Lipinski definition) is 0. The van der Waals surface area contributed by atoms with Gasteiger partial charge in [0.1, 0.15) is 6.10 Å². The van der Waals surface area contributed by atoms with Gasteiger partial charge in [0.05, 0.1) is 13.2 Å². The Morgan fingerprint density at radius 3 is 1.91 bits per heavy atom. The Bertz CT molecular complexity index is 422. The molecule has 1 rings (SSSR count). The van der Waals surface area contributed by atoms with E-state index in [4.69, 9.17) is 18.0 Å². The normalized spacial score (nSPS) is 26.5. The molecule has 0 amide bonds. The van der Waals surface area contributed by atoms with Gasteiger partial charge in [-0.05, 0) is 58.9 Å². The highest BCUT2D eigenvalue weighted by Gasteiger charge is 2.53. The van der Waals surface area contributed by atoms with Crippen LogP contribution in [0.1, 0.15) is 6.42 Å². The highest BCUT2D eigenvalue weighted by atomic mass is 28.4. The van der Waals surface area contributed by atoms with Crippen LogP contribution < -0.4 is 0 Å². The van der Waals surface area contributed by atoms with E-state index in [1.165, 1.54) is 0 Å². The van der Waals surface area contributed by atoms with Gasteiger partial charge in [-0.3, -0.25) is 0 Å². The van der Waals surface area contributed by atoms with Crippen LogP contribution in [0, 0.1) is 0 Å².